The van der Waals surface area contributed by atoms with E-state index in [1.54, 1.807) is 12.1 Å². The minimum atomic E-state index is -1.00. The fraction of sp³-hybridized carbons (Fsp3) is 0.471. The Balaban J connectivity index is 1.59. The molecule has 1 saturated heterocycles. The highest BCUT2D eigenvalue weighted by Gasteiger charge is 2.40. The summed E-state index contributed by atoms with van der Waals surface area (Å²) in [6, 6.07) is 5.99. The summed E-state index contributed by atoms with van der Waals surface area (Å²) in [5.41, 5.74) is -0.286. The highest BCUT2D eigenvalue weighted by Crippen LogP contribution is 2.37. The molecule has 2 atom stereocenters. The molecule has 1 aliphatic heterocycles. The van der Waals surface area contributed by atoms with E-state index in [9.17, 15) is 14.3 Å². The van der Waals surface area contributed by atoms with Crippen LogP contribution >= 0.6 is 11.3 Å². The molecular weight excluding hydrogens is 343 g/mol. The lowest BCUT2D eigenvalue weighted by atomic mass is 9.77. The van der Waals surface area contributed by atoms with Gasteiger partial charge in [-0.1, -0.05) is 30.4 Å². The van der Waals surface area contributed by atoms with Gasteiger partial charge in [0.2, 0.25) is 11.0 Å². The first kappa shape index (κ1) is 17.9. The van der Waals surface area contributed by atoms with Crippen molar-refractivity contribution in [1.82, 2.24) is 15.1 Å². The van der Waals surface area contributed by atoms with E-state index < -0.39 is 5.60 Å². The summed E-state index contributed by atoms with van der Waals surface area (Å²) in [6.45, 7) is 5.18. The van der Waals surface area contributed by atoms with Crippen molar-refractivity contribution in [3.63, 3.8) is 0 Å². The minimum absolute atomic E-state index is 0.0803. The number of aliphatic hydroxyl groups is 1. The zero-order valence-corrected chi connectivity index (χ0v) is 15.0. The number of carbonyl (C=O) groups excluding carboxylic acids is 1. The molecule has 0 spiro atoms. The third kappa shape index (κ3) is 4.02. The van der Waals surface area contributed by atoms with Gasteiger partial charge in [-0.15, -0.1) is 10.2 Å². The smallest absolute Gasteiger partial charge is 0.240 e. The number of aryl methyl sites for hydroxylation is 1. The van der Waals surface area contributed by atoms with Crippen molar-refractivity contribution in [3.05, 3.63) is 40.7 Å². The number of aromatic nitrogens is 2. The minimum Gasteiger partial charge on any atom is -0.385 e. The maximum absolute atomic E-state index is 13.1. The second kappa shape index (κ2) is 7.15. The van der Waals surface area contributed by atoms with Gasteiger partial charge < -0.3 is 5.11 Å². The van der Waals surface area contributed by atoms with Crippen molar-refractivity contribution in [3.8, 4) is 0 Å². The molecule has 0 bridgehead atoms. The summed E-state index contributed by atoms with van der Waals surface area (Å²) >= 11 is 1.33. The molecule has 134 valence electrons. The van der Waals surface area contributed by atoms with Gasteiger partial charge >= 0.3 is 0 Å². The Morgan fingerprint density at radius 3 is 2.76 bits per heavy atom. The molecule has 3 rings (SSSR count). The van der Waals surface area contributed by atoms with E-state index in [-0.39, 0.29) is 24.2 Å². The fourth-order valence-corrected chi connectivity index (χ4v) is 3.83. The van der Waals surface area contributed by atoms with Crippen LogP contribution in [0.2, 0.25) is 0 Å². The number of nitrogens with zero attached hydrogens (tertiary/aromatic N) is 3. The van der Waals surface area contributed by atoms with Crippen LogP contribution in [0.15, 0.2) is 24.3 Å². The molecule has 25 heavy (non-hydrogen) atoms. The Morgan fingerprint density at radius 2 is 2.16 bits per heavy atom. The third-order valence-electron chi connectivity index (χ3n) is 4.64. The van der Waals surface area contributed by atoms with Gasteiger partial charge in [-0.2, -0.15) is 0 Å². The maximum atomic E-state index is 13.1. The number of rotatable bonds is 4. The van der Waals surface area contributed by atoms with Crippen LogP contribution in [-0.4, -0.2) is 45.7 Å². The lowest BCUT2D eigenvalue weighted by Crippen LogP contribution is -2.50. The van der Waals surface area contributed by atoms with Gasteiger partial charge in [-0.05, 0) is 31.0 Å². The second-order valence-corrected chi connectivity index (χ2v) is 7.67. The van der Waals surface area contributed by atoms with Crippen molar-refractivity contribution < 1.29 is 14.3 Å². The Bertz CT molecular complexity index is 751. The van der Waals surface area contributed by atoms with Crippen molar-refractivity contribution in [2.45, 2.75) is 25.9 Å². The zero-order valence-electron chi connectivity index (χ0n) is 14.2. The molecule has 6 nitrogen and oxygen atoms in total. The topological polar surface area (TPSA) is 78.4 Å². The van der Waals surface area contributed by atoms with Crippen LogP contribution in [0.4, 0.5) is 9.52 Å². The summed E-state index contributed by atoms with van der Waals surface area (Å²) in [5.74, 6) is -0.542. The Labute approximate surface area is 149 Å². The van der Waals surface area contributed by atoms with Crippen LogP contribution in [0.5, 0.6) is 0 Å². The average Bonchev–Trinajstić information content (AvgIpc) is 2.96. The summed E-state index contributed by atoms with van der Waals surface area (Å²) in [5, 5.41) is 22.8. The number of amides is 1. The van der Waals surface area contributed by atoms with Gasteiger partial charge in [0, 0.05) is 19.0 Å². The highest BCUT2D eigenvalue weighted by molar-refractivity contribution is 7.15. The number of hydrogen-bond acceptors (Lipinski definition) is 6. The monoisotopic (exact) mass is 364 g/mol. The maximum Gasteiger partial charge on any atom is 0.240 e. The van der Waals surface area contributed by atoms with Crippen molar-refractivity contribution >= 4 is 22.4 Å². The number of likely N-dealkylation sites (tertiary alicyclic amines) is 1. The normalized spacial score (nSPS) is 24.2. The van der Waals surface area contributed by atoms with E-state index in [4.69, 9.17) is 0 Å². The predicted octanol–water partition coefficient (Wildman–Crippen LogP) is 2.15. The standard InChI is InChI=1S/C17H21FN4O2S/c1-11-9-22(10-15(23)19-16-21-20-12(2)25-16)8-7-17(11,24)13-3-5-14(18)6-4-13/h3-6,11,24H,7-10H2,1-2H3,(H,19,21,23). The van der Waals surface area contributed by atoms with E-state index in [1.165, 1.54) is 23.5 Å². The van der Waals surface area contributed by atoms with Gasteiger partial charge in [-0.3, -0.25) is 15.0 Å². The van der Waals surface area contributed by atoms with Crippen LogP contribution in [0.3, 0.4) is 0 Å². The van der Waals surface area contributed by atoms with Crippen LogP contribution in [0.25, 0.3) is 0 Å². The van der Waals surface area contributed by atoms with Crippen LogP contribution in [0.1, 0.15) is 23.9 Å². The molecule has 0 saturated carbocycles. The van der Waals surface area contributed by atoms with Gasteiger partial charge in [0.25, 0.3) is 0 Å². The largest absolute Gasteiger partial charge is 0.385 e. The molecule has 8 heteroatoms. The first-order valence-corrected chi connectivity index (χ1v) is 8.99. The first-order chi connectivity index (χ1) is 11.9. The van der Waals surface area contributed by atoms with E-state index in [2.05, 4.69) is 15.5 Å². The molecule has 0 aliphatic carbocycles. The summed E-state index contributed by atoms with van der Waals surface area (Å²) < 4.78 is 13.1. The number of hydrogen-bond donors (Lipinski definition) is 2. The summed E-state index contributed by atoms with van der Waals surface area (Å²) in [4.78, 5) is 14.2. The molecule has 2 heterocycles. The number of carbonyl (C=O) groups is 1. The molecule has 2 N–H and O–H groups in total. The van der Waals surface area contributed by atoms with Gasteiger partial charge in [0.15, 0.2) is 0 Å². The van der Waals surface area contributed by atoms with Crippen molar-refractivity contribution in [1.29, 1.82) is 0 Å². The van der Waals surface area contributed by atoms with Gasteiger partial charge in [-0.25, -0.2) is 4.39 Å². The van der Waals surface area contributed by atoms with Gasteiger partial charge in [0.05, 0.1) is 12.1 Å². The summed E-state index contributed by atoms with van der Waals surface area (Å²) in [6.07, 6.45) is 0.491. The van der Waals surface area contributed by atoms with Crippen LogP contribution in [0, 0.1) is 18.7 Å². The Hall–Kier alpha value is -1.90. The number of piperidine rings is 1. The Morgan fingerprint density at radius 1 is 1.44 bits per heavy atom. The zero-order chi connectivity index (χ0) is 18.0. The van der Waals surface area contributed by atoms with E-state index >= 15 is 0 Å². The van der Waals surface area contributed by atoms with E-state index in [0.717, 1.165) is 10.6 Å². The highest BCUT2D eigenvalue weighted by atomic mass is 32.1. The first-order valence-electron chi connectivity index (χ1n) is 8.17. The number of anilines is 1. The fourth-order valence-electron chi connectivity index (χ4n) is 3.22. The van der Waals surface area contributed by atoms with Gasteiger partial charge in [0.1, 0.15) is 10.8 Å². The Kier molecular flexibility index (Phi) is 5.12. The summed E-state index contributed by atoms with van der Waals surface area (Å²) in [7, 11) is 0. The third-order valence-corrected chi connectivity index (χ3v) is 5.39. The molecule has 1 fully saturated rings. The second-order valence-electron chi connectivity index (χ2n) is 6.49. The lowest BCUT2D eigenvalue weighted by molar-refractivity contribution is -0.120. The molecule has 1 aliphatic rings. The van der Waals surface area contributed by atoms with E-state index in [0.29, 0.717) is 24.6 Å². The van der Waals surface area contributed by atoms with Crippen molar-refractivity contribution in [2.75, 3.05) is 25.0 Å². The number of nitrogens with one attached hydrogen (secondary N) is 1. The quantitative estimate of drug-likeness (QED) is 0.869. The molecule has 2 aromatic rings. The van der Waals surface area contributed by atoms with Crippen LogP contribution < -0.4 is 5.32 Å². The molecule has 0 radical (unpaired) electrons. The molecule has 1 amide bonds. The molecule has 1 aromatic heterocycles. The SMILES string of the molecule is Cc1nnc(NC(=O)CN2CCC(O)(c3ccc(F)cc3)C(C)C2)s1. The van der Waals surface area contributed by atoms with E-state index in [1.807, 2.05) is 18.7 Å². The molecule has 2 unspecified atom stereocenters. The predicted molar refractivity (Wildman–Crippen MR) is 93.8 cm³/mol. The molecule has 1 aromatic carbocycles. The lowest BCUT2D eigenvalue weighted by Gasteiger charge is -2.43. The van der Waals surface area contributed by atoms with Crippen molar-refractivity contribution in [2.24, 2.45) is 5.92 Å². The van der Waals surface area contributed by atoms with Crippen LogP contribution in [-0.2, 0) is 10.4 Å². The number of halogens is 1. The number of benzene rings is 1. The average molecular weight is 364 g/mol. The molecular formula is C17H21FN4O2S.